The molecule has 2 rings (SSSR count). The first-order valence-corrected chi connectivity index (χ1v) is 7.36. The Labute approximate surface area is 116 Å². The van der Waals surface area contributed by atoms with Gasteiger partial charge < -0.3 is 10.2 Å². The van der Waals surface area contributed by atoms with Crippen LogP contribution in [0, 0.1) is 0 Å². The van der Waals surface area contributed by atoms with Gasteiger partial charge in [-0.25, -0.2) is 0 Å². The van der Waals surface area contributed by atoms with Crippen LogP contribution in [0.5, 0.6) is 0 Å². The molecule has 0 unspecified atom stereocenters. The number of hydrogen-bond acceptors (Lipinski definition) is 2. The van der Waals surface area contributed by atoms with Crippen LogP contribution in [0.25, 0.3) is 0 Å². The molecule has 19 heavy (non-hydrogen) atoms. The summed E-state index contributed by atoms with van der Waals surface area (Å²) in [6.45, 7) is 5.69. The number of aryl methyl sites for hydroxylation is 1. The van der Waals surface area contributed by atoms with Crippen LogP contribution in [-0.2, 0) is 17.8 Å². The molecule has 3 heteroatoms. The summed E-state index contributed by atoms with van der Waals surface area (Å²) < 4.78 is 0. The van der Waals surface area contributed by atoms with Gasteiger partial charge in [0.1, 0.15) is 0 Å². The van der Waals surface area contributed by atoms with E-state index in [1.165, 1.54) is 24.0 Å². The molecule has 0 aliphatic carbocycles. The molecule has 0 bridgehead atoms. The predicted octanol–water partition coefficient (Wildman–Crippen LogP) is 2.35. The molecule has 1 heterocycles. The summed E-state index contributed by atoms with van der Waals surface area (Å²) in [6, 6.07) is 8.67. The van der Waals surface area contributed by atoms with E-state index in [0.717, 1.165) is 32.6 Å². The quantitative estimate of drug-likeness (QED) is 0.796. The molecule has 1 aromatic carbocycles. The normalized spacial score (nSPS) is 14.9. The van der Waals surface area contributed by atoms with Gasteiger partial charge in [-0.1, -0.05) is 31.2 Å². The van der Waals surface area contributed by atoms with Crippen molar-refractivity contribution in [2.75, 3.05) is 19.6 Å². The molecule has 104 valence electrons. The summed E-state index contributed by atoms with van der Waals surface area (Å²) in [5, 5.41) is 3.35. The van der Waals surface area contributed by atoms with Crippen LogP contribution < -0.4 is 5.32 Å². The minimum Gasteiger partial charge on any atom is -0.343 e. The van der Waals surface area contributed by atoms with Crippen molar-refractivity contribution in [3.63, 3.8) is 0 Å². The number of nitrogens with zero attached hydrogens (tertiary/aromatic N) is 1. The lowest BCUT2D eigenvalue weighted by molar-refractivity contribution is -0.130. The van der Waals surface area contributed by atoms with Crippen LogP contribution >= 0.6 is 0 Å². The Hall–Kier alpha value is -1.35. The van der Waals surface area contributed by atoms with E-state index in [-0.39, 0.29) is 0 Å². The maximum Gasteiger partial charge on any atom is 0.223 e. The molecule has 0 spiro atoms. The molecule has 0 saturated carbocycles. The fourth-order valence-corrected chi connectivity index (χ4v) is 2.45. The zero-order valence-corrected chi connectivity index (χ0v) is 11.8. The van der Waals surface area contributed by atoms with Crippen molar-refractivity contribution in [1.82, 2.24) is 10.2 Å². The predicted molar refractivity (Wildman–Crippen MR) is 78.0 cm³/mol. The Morgan fingerprint density at radius 1 is 1.16 bits per heavy atom. The number of carbonyl (C=O) groups excluding carboxylic acids is 1. The van der Waals surface area contributed by atoms with E-state index < -0.39 is 0 Å². The Morgan fingerprint density at radius 3 is 2.42 bits per heavy atom. The van der Waals surface area contributed by atoms with Crippen LogP contribution in [0.4, 0.5) is 0 Å². The van der Waals surface area contributed by atoms with Gasteiger partial charge in [0.25, 0.3) is 0 Å². The summed E-state index contributed by atoms with van der Waals surface area (Å²) in [6.07, 6.45) is 4.04. The highest BCUT2D eigenvalue weighted by Gasteiger charge is 2.16. The Balaban J connectivity index is 1.64. The minimum atomic E-state index is 0.298. The summed E-state index contributed by atoms with van der Waals surface area (Å²) in [7, 11) is 0. The molecule has 3 nitrogen and oxygen atoms in total. The van der Waals surface area contributed by atoms with E-state index in [4.69, 9.17) is 0 Å². The number of hydrogen-bond donors (Lipinski definition) is 1. The van der Waals surface area contributed by atoms with E-state index in [1.54, 1.807) is 0 Å². The average molecular weight is 260 g/mol. The lowest BCUT2D eigenvalue weighted by atomic mass is 10.1. The maximum absolute atomic E-state index is 11.8. The van der Waals surface area contributed by atoms with Crippen LogP contribution in [0.15, 0.2) is 24.3 Å². The second-order valence-electron chi connectivity index (χ2n) is 5.18. The molecule has 0 aromatic heterocycles. The molecule has 1 saturated heterocycles. The molecule has 1 N–H and O–H groups in total. The third-order valence-corrected chi connectivity index (χ3v) is 3.73. The van der Waals surface area contributed by atoms with Crippen molar-refractivity contribution in [3.05, 3.63) is 35.4 Å². The SMILES string of the molecule is CCc1ccc(CNCCC(=O)N2CCCC2)cc1. The van der Waals surface area contributed by atoms with E-state index in [0.29, 0.717) is 12.3 Å². The highest BCUT2D eigenvalue weighted by atomic mass is 16.2. The molecule has 1 amide bonds. The molecule has 1 aliphatic heterocycles. The van der Waals surface area contributed by atoms with E-state index in [2.05, 4.69) is 36.5 Å². The highest BCUT2D eigenvalue weighted by Crippen LogP contribution is 2.08. The van der Waals surface area contributed by atoms with Gasteiger partial charge in [0, 0.05) is 32.6 Å². The van der Waals surface area contributed by atoms with Crippen molar-refractivity contribution < 1.29 is 4.79 Å². The number of carbonyl (C=O) groups is 1. The third kappa shape index (κ3) is 4.35. The first-order chi connectivity index (χ1) is 9.29. The first kappa shape index (κ1) is 14.1. The number of amides is 1. The Bertz CT molecular complexity index is 394. The van der Waals surface area contributed by atoms with Crippen molar-refractivity contribution in [1.29, 1.82) is 0 Å². The molecular weight excluding hydrogens is 236 g/mol. The number of benzene rings is 1. The van der Waals surface area contributed by atoms with Crippen molar-refractivity contribution in [2.24, 2.45) is 0 Å². The number of nitrogens with one attached hydrogen (secondary N) is 1. The van der Waals surface area contributed by atoms with Gasteiger partial charge in [0.2, 0.25) is 5.91 Å². The largest absolute Gasteiger partial charge is 0.343 e. The standard InChI is InChI=1S/C16H24N2O/c1-2-14-5-7-15(8-6-14)13-17-10-9-16(19)18-11-3-4-12-18/h5-8,17H,2-4,9-13H2,1H3. The van der Waals surface area contributed by atoms with Gasteiger partial charge in [-0.3, -0.25) is 4.79 Å². The van der Waals surface area contributed by atoms with Crippen LogP contribution in [0.3, 0.4) is 0 Å². The molecule has 1 fully saturated rings. The first-order valence-electron chi connectivity index (χ1n) is 7.36. The number of likely N-dealkylation sites (tertiary alicyclic amines) is 1. The topological polar surface area (TPSA) is 32.3 Å². The highest BCUT2D eigenvalue weighted by molar-refractivity contribution is 5.76. The summed E-state index contributed by atoms with van der Waals surface area (Å²) in [5.74, 6) is 0.298. The third-order valence-electron chi connectivity index (χ3n) is 3.73. The van der Waals surface area contributed by atoms with E-state index in [9.17, 15) is 4.79 Å². The second-order valence-corrected chi connectivity index (χ2v) is 5.18. The zero-order chi connectivity index (χ0) is 13.5. The average Bonchev–Trinajstić information content (AvgIpc) is 2.98. The smallest absolute Gasteiger partial charge is 0.223 e. The zero-order valence-electron chi connectivity index (χ0n) is 11.8. The lowest BCUT2D eigenvalue weighted by Crippen LogP contribution is -2.30. The minimum absolute atomic E-state index is 0.298. The van der Waals surface area contributed by atoms with Crippen molar-refractivity contribution in [3.8, 4) is 0 Å². The van der Waals surface area contributed by atoms with Gasteiger partial charge in [0.15, 0.2) is 0 Å². The van der Waals surface area contributed by atoms with Gasteiger partial charge in [0.05, 0.1) is 0 Å². The van der Waals surface area contributed by atoms with Gasteiger partial charge in [-0.2, -0.15) is 0 Å². The Kier molecular flexibility index (Phi) is 5.40. The monoisotopic (exact) mass is 260 g/mol. The van der Waals surface area contributed by atoms with Crippen molar-refractivity contribution in [2.45, 2.75) is 39.2 Å². The fraction of sp³-hybridized carbons (Fsp3) is 0.562. The van der Waals surface area contributed by atoms with E-state index in [1.807, 2.05) is 4.90 Å². The van der Waals surface area contributed by atoms with Gasteiger partial charge >= 0.3 is 0 Å². The van der Waals surface area contributed by atoms with Gasteiger partial charge in [-0.15, -0.1) is 0 Å². The summed E-state index contributed by atoms with van der Waals surface area (Å²) in [4.78, 5) is 13.8. The Morgan fingerprint density at radius 2 is 1.79 bits per heavy atom. The molecule has 0 radical (unpaired) electrons. The molecule has 0 atom stereocenters. The molecular formula is C16H24N2O. The lowest BCUT2D eigenvalue weighted by Gasteiger charge is -2.15. The molecule has 1 aromatic rings. The molecule has 1 aliphatic rings. The maximum atomic E-state index is 11.8. The van der Waals surface area contributed by atoms with E-state index >= 15 is 0 Å². The summed E-state index contributed by atoms with van der Waals surface area (Å²) >= 11 is 0. The van der Waals surface area contributed by atoms with Crippen LogP contribution in [-0.4, -0.2) is 30.4 Å². The second kappa shape index (κ2) is 7.29. The van der Waals surface area contributed by atoms with Crippen LogP contribution in [0.2, 0.25) is 0 Å². The summed E-state index contributed by atoms with van der Waals surface area (Å²) in [5.41, 5.74) is 2.65. The number of rotatable bonds is 6. The van der Waals surface area contributed by atoms with Gasteiger partial charge in [-0.05, 0) is 30.4 Å². The van der Waals surface area contributed by atoms with Crippen LogP contribution in [0.1, 0.15) is 37.3 Å². The van der Waals surface area contributed by atoms with Crippen molar-refractivity contribution >= 4 is 5.91 Å². The fourth-order valence-electron chi connectivity index (χ4n) is 2.45.